The zero-order valence-electron chi connectivity index (χ0n) is 25.8. The Hall–Kier alpha value is -3.45. The number of nitrogens with one attached hydrogen (secondary N) is 3. The highest BCUT2D eigenvalue weighted by atomic mass is 16.7. The van der Waals surface area contributed by atoms with Gasteiger partial charge in [0, 0.05) is 30.3 Å². The van der Waals surface area contributed by atoms with Gasteiger partial charge in [-0.25, -0.2) is 4.79 Å². The molecule has 1 saturated heterocycles. The van der Waals surface area contributed by atoms with Crippen molar-refractivity contribution in [2.24, 2.45) is 17.6 Å². The smallest absolute Gasteiger partial charge is 0.315 e. The number of nitrogens with two attached hydrogens (primary N) is 1. The molecule has 2 aromatic carbocycles. The highest BCUT2D eigenvalue weighted by Gasteiger charge is 2.52. The molecule has 2 heterocycles. The lowest BCUT2D eigenvalue weighted by Crippen LogP contribution is -2.46. The standard InChI is InChI=1S/C32H46N4O8/c1-4-19(34-10-6-5-9-33)8-7-11-35-32(39)36-29-21-15-24-23(43-17-44-24)14-20(21)27(28-22(29)16-42-31(28)38)18-12-25(40-2)30(37)26(13-18)41-3/h12-15,19,22,27-29,31,34,37-38H,4-11,16-17,33H2,1-3H3,(H2,35,36,39)/t19?,22-,27+,28-,29+,31?/m0/s1. The maximum atomic E-state index is 13.3. The average molecular weight is 615 g/mol. The lowest BCUT2D eigenvalue weighted by Gasteiger charge is -2.41. The van der Waals surface area contributed by atoms with Crippen LogP contribution >= 0.6 is 0 Å². The van der Waals surface area contributed by atoms with E-state index < -0.39 is 18.2 Å². The van der Waals surface area contributed by atoms with Crippen molar-refractivity contribution >= 4 is 6.03 Å². The van der Waals surface area contributed by atoms with Crippen LogP contribution in [0.3, 0.4) is 0 Å². The number of urea groups is 1. The van der Waals surface area contributed by atoms with Crippen LogP contribution in [0.5, 0.6) is 28.7 Å². The molecular weight excluding hydrogens is 568 g/mol. The summed E-state index contributed by atoms with van der Waals surface area (Å²) in [6, 6.07) is 6.98. The van der Waals surface area contributed by atoms with Crippen molar-refractivity contribution < 1.29 is 38.7 Å². The molecule has 2 unspecified atom stereocenters. The number of phenolic OH excluding ortho intramolecular Hbond substituents is 1. The fraction of sp³-hybridized carbons (Fsp3) is 0.594. The molecule has 0 aromatic heterocycles. The summed E-state index contributed by atoms with van der Waals surface area (Å²) in [5, 5.41) is 31.5. The van der Waals surface area contributed by atoms with Crippen molar-refractivity contribution in [2.45, 2.75) is 63.3 Å². The lowest BCUT2D eigenvalue weighted by atomic mass is 9.65. The number of carbonyl (C=O) groups is 1. The Morgan fingerprint density at radius 1 is 1.05 bits per heavy atom. The second-order valence-electron chi connectivity index (χ2n) is 11.6. The van der Waals surface area contributed by atoms with Crippen LogP contribution in [-0.2, 0) is 4.74 Å². The van der Waals surface area contributed by atoms with E-state index in [1.54, 1.807) is 12.1 Å². The number of aliphatic hydroxyl groups excluding tert-OH is 1. The molecule has 242 valence electrons. The van der Waals surface area contributed by atoms with Crippen LogP contribution in [0.2, 0.25) is 0 Å². The Balaban J connectivity index is 1.37. The van der Waals surface area contributed by atoms with Gasteiger partial charge in [-0.2, -0.15) is 0 Å². The van der Waals surface area contributed by atoms with Gasteiger partial charge in [0.25, 0.3) is 0 Å². The number of benzene rings is 2. The average Bonchev–Trinajstić information content (AvgIpc) is 3.65. The van der Waals surface area contributed by atoms with Crippen LogP contribution in [0.4, 0.5) is 4.79 Å². The minimum Gasteiger partial charge on any atom is -0.502 e. The predicted octanol–water partition coefficient (Wildman–Crippen LogP) is 3.09. The number of carbonyl (C=O) groups excluding carboxylic acids is 1. The van der Waals surface area contributed by atoms with E-state index >= 15 is 0 Å². The number of fused-ring (bicyclic) bond motifs is 3. The summed E-state index contributed by atoms with van der Waals surface area (Å²) < 4.78 is 28.2. The SMILES string of the molecule is CCC(CCCNC(=O)N[C@@H]1c2cc3c(cc2[C@@H](c2cc(OC)c(O)c(OC)c2)[C@H]2C(O)OC[C@@H]21)OCO3)NCCCCN. The summed E-state index contributed by atoms with van der Waals surface area (Å²) in [7, 11) is 2.95. The fourth-order valence-corrected chi connectivity index (χ4v) is 6.77. The van der Waals surface area contributed by atoms with E-state index in [1.807, 2.05) is 12.1 Å². The van der Waals surface area contributed by atoms with Crippen LogP contribution in [0.1, 0.15) is 67.7 Å². The molecular formula is C32H46N4O8. The summed E-state index contributed by atoms with van der Waals surface area (Å²) in [5.41, 5.74) is 8.07. The quantitative estimate of drug-likeness (QED) is 0.174. The first-order chi connectivity index (χ1) is 21.4. The molecule has 7 N–H and O–H groups in total. The molecule has 2 aromatic rings. The second kappa shape index (κ2) is 14.6. The number of ether oxygens (including phenoxy) is 5. The number of hydrogen-bond donors (Lipinski definition) is 6. The molecule has 2 amide bonds. The van der Waals surface area contributed by atoms with Crippen LogP contribution in [0.25, 0.3) is 0 Å². The van der Waals surface area contributed by atoms with Crippen molar-refractivity contribution in [3.8, 4) is 28.7 Å². The summed E-state index contributed by atoms with van der Waals surface area (Å²) in [6.45, 7) is 4.71. The molecule has 5 rings (SSSR count). The van der Waals surface area contributed by atoms with Crippen molar-refractivity contribution in [2.75, 3.05) is 47.3 Å². The molecule has 1 fully saturated rings. The van der Waals surface area contributed by atoms with Gasteiger partial charge in [0.05, 0.1) is 26.9 Å². The summed E-state index contributed by atoms with van der Waals surface area (Å²) in [6.07, 6.45) is 3.82. The van der Waals surface area contributed by atoms with Crippen LogP contribution in [0.15, 0.2) is 24.3 Å². The van der Waals surface area contributed by atoms with Crippen molar-refractivity contribution in [1.29, 1.82) is 0 Å². The number of aromatic hydroxyl groups is 1. The Bertz CT molecular complexity index is 1270. The molecule has 2 aliphatic heterocycles. The molecule has 0 radical (unpaired) electrons. The summed E-state index contributed by atoms with van der Waals surface area (Å²) >= 11 is 0. The Labute approximate surface area is 258 Å². The van der Waals surface area contributed by atoms with Crippen molar-refractivity contribution in [3.63, 3.8) is 0 Å². The fourth-order valence-electron chi connectivity index (χ4n) is 6.77. The van der Waals surface area contributed by atoms with Gasteiger partial charge in [-0.3, -0.25) is 0 Å². The molecule has 44 heavy (non-hydrogen) atoms. The van der Waals surface area contributed by atoms with Gasteiger partial charge in [0.2, 0.25) is 12.5 Å². The van der Waals surface area contributed by atoms with E-state index in [0.717, 1.165) is 55.3 Å². The monoisotopic (exact) mass is 614 g/mol. The van der Waals surface area contributed by atoms with E-state index in [2.05, 4.69) is 22.9 Å². The van der Waals surface area contributed by atoms with Gasteiger partial charge in [0.1, 0.15) is 0 Å². The third-order valence-electron chi connectivity index (χ3n) is 9.06. The number of methoxy groups -OCH3 is 2. The Morgan fingerprint density at radius 2 is 1.75 bits per heavy atom. The van der Waals surface area contributed by atoms with Gasteiger partial charge in [-0.1, -0.05) is 6.92 Å². The first-order valence-corrected chi connectivity index (χ1v) is 15.6. The first-order valence-electron chi connectivity index (χ1n) is 15.6. The second-order valence-corrected chi connectivity index (χ2v) is 11.6. The number of aliphatic hydroxyl groups is 1. The number of phenols is 1. The highest BCUT2D eigenvalue weighted by molar-refractivity contribution is 5.75. The summed E-state index contributed by atoms with van der Waals surface area (Å²) in [4.78, 5) is 13.3. The Morgan fingerprint density at radius 3 is 2.41 bits per heavy atom. The zero-order valence-corrected chi connectivity index (χ0v) is 25.8. The van der Waals surface area contributed by atoms with E-state index in [0.29, 0.717) is 30.6 Å². The van der Waals surface area contributed by atoms with E-state index in [-0.39, 0.29) is 48.5 Å². The number of rotatable bonds is 14. The Kier molecular flexibility index (Phi) is 10.6. The maximum absolute atomic E-state index is 13.3. The molecule has 0 spiro atoms. The largest absolute Gasteiger partial charge is 0.502 e. The van der Waals surface area contributed by atoms with Gasteiger partial charge < -0.3 is 55.6 Å². The topological polar surface area (TPSA) is 166 Å². The highest BCUT2D eigenvalue weighted by Crippen LogP contribution is 2.56. The van der Waals surface area contributed by atoms with Crippen molar-refractivity contribution in [3.05, 3.63) is 41.0 Å². The molecule has 6 atom stereocenters. The van der Waals surface area contributed by atoms with Gasteiger partial charge in [-0.05, 0) is 86.1 Å². The first kappa shape index (κ1) is 32.0. The van der Waals surface area contributed by atoms with E-state index in [9.17, 15) is 15.0 Å². The van der Waals surface area contributed by atoms with E-state index in [4.69, 9.17) is 29.4 Å². The molecule has 12 nitrogen and oxygen atoms in total. The third-order valence-corrected chi connectivity index (χ3v) is 9.06. The van der Waals surface area contributed by atoms with Gasteiger partial charge >= 0.3 is 6.03 Å². The number of amides is 2. The predicted molar refractivity (Wildman–Crippen MR) is 163 cm³/mol. The zero-order chi connectivity index (χ0) is 31.2. The van der Waals surface area contributed by atoms with Crippen molar-refractivity contribution in [1.82, 2.24) is 16.0 Å². The third kappa shape index (κ3) is 6.63. The van der Waals surface area contributed by atoms with Gasteiger partial charge in [-0.15, -0.1) is 0 Å². The molecule has 12 heteroatoms. The van der Waals surface area contributed by atoms with Crippen LogP contribution in [0, 0.1) is 11.8 Å². The normalized spacial score (nSPS) is 23.9. The van der Waals surface area contributed by atoms with E-state index in [1.165, 1.54) is 14.2 Å². The molecule has 3 aliphatic rings. The number of unbranched alkanes of at least 4 members (excludes halogenated alkanes) is 1. The van der Waals surface area contributed by atoms with Crippen LogP contribution < -0.4 is 40.6 Å². The molecule has 0 saturated carbocycles. The van der Waals surface area contributed by atoms with Gasteiger partial charge in [0.15, 0.2) is 29.3 Å². The molecule has 1 aliphatic carbocycles. The minimum absolute atomic E-state index is 0.0988. The minimum atomic E-state index is -1.08. The van der Waals surface area contributed by atoms with Crippen LogP contribution in [-0.4, -0.2) is 75.8 Å². The maximum Gasteiger partial charge on any atom is 0.315 e. The summed E-state index contributed by atoms with van der Waals surface area (Å²) in [5.74, 6) is 0.537. The lowest BCUT2D eigenvalue weighted by molar-refractivity contribution is -0.0855. The number of hydrogen-bond acceptors (Lipinski definition) is 10. The molecule has 0 bridgehead atoms.